The van der Waals surface area contributed by atoms with Gasteiger partial charge >= 0.3 is 0 Å². The van der Waals surface area contributed by atoms with E-state index in [-0.39, 0.29) is 18.4 Å². The maximum absolute atomic E-state index is 13.2. The second-order valence-electron chi connectivity index (χ2n) is 10.2. The predicted octanol–water partition coefficient (Wildman–Crippen LogP) is 4.82. The lowest BCUT2D eigenvalue weighted by Crippen LogP contribution is -2.32. The lowest BCUT2D eigenvalue weighted by atomic mass is 10.1. The van der Waals surface area contributed by atoms with Crippen LogP contribution in [0.3, 0.4) is 0 Å². The molecule has 6 rings (SSSR count). The first-order valence-electron chi connectivity index (χ1n) is 13.1. The smallest absolute Gasteiger partial charge is 0.252 e. The number of fused-ring (bicyclic) bond motifs is 2. The van der Waals surface area contributed by atoms with Gasteiger partial charge in [-0.25, -0.2) is 4.68 Å². The molecule has 9 nitrogen and oxygen atoms in total. The third-order valence-corrected chi connectivity index (χ3v) is 7.59. The fraction of sp³-hybridized carbons (Fsp3) is 0.429. The van der Waals surface area contributed by atoms with Gasteiger partial charge in [0.25, 0.3) is 5.56 Å². The summed E-state index contributed by atoms with van der Waals surface area (Å²) in [6.07, 6.45) is 5.41. The molecular weight excluding hydrogens is 468 g/mol. The number of tetrazole rings is 1. The molecular formula is C28H32N6O3. The van der Waals surface area contributed by atoms with Gasteiger partial charge in [-0.1, -0.05) is 37.5 Å². The van der Waals surface area contributed by atoms with Crippen molar-refractivity contribution in [3.05, 3.63) is 75.3 Å². The minimum absolute atomic E-state index is 0.0615. The quantitative estimate of drug-likeness (QED) is 0.370. The van der Waals surface area contributed by atoms with Crippen LogP contribution in [0.1, 0.15) is 73.6 Å². The van der Waals surface area contributed by atoms with Gasteiger partial charge in [0.05, 0.1) is 12.1 Å². The lowest BCUT2D eigenvalue weighted by Gasteiger charge is -2.31. The molecule has 192 valence electrons. The Kier molecular flexibility index (Phi) is 6.38. The van der Waals surface area contributed by atoms with Gasteiger partial charge in [-0.05, 0) is 77.9 Å². The van der Waals surface area contributed by atoms with E-state index in [1.807, 2.05) is 35.0 Å². The van der Waals surface area contributed by atoms with E-state index >= 15 is 0 Å². The van der Waals surface area contributed by atoms with Crippen LogP contribution in [-0.2, 0) is 13.1 Å². The molecule has 1 saturated carbocycles. The minimum Gasteiger partial charge on any atom is -0.454 e. The molecule has 1 aliphatic carbocycles. The van der Waals surface area contributed by atoms with Crippen LogP contribution < -0.4 is 15.0 Å². The molecule has 0 spiro atoms. The Morgan fingerprint density at radius 2 is 1.92 bits per heavy atom. The molecule has 0 radical (unpaired) electrons. The summed E-state index contributed by atoms with van der Waals surface area (Å²) < 4.78 is 13.2. The molecule has 2 aromatic heterocycles. The van der Waals surface area contributed by atoms with Crippen LogP contribution in [0.5, 0.6) is 11.5 Å². The summed E-state index contributed by atoms with van der Waals surface area (Å²) in [4.78, 5) is 18.5. The van der Waals surface area contributed by atoms with Gasteiger partial charge in [-0.3, -0.25) is 9.69 Å². The Hall–Kier alpha value is -3.72. The van der Waals surface area contributed by atoms with Gasteiger partial charge in [0.1, 0.15) is 0 Å². The number of aromatic nitrogens is 5. The minimum atomic E-state index is -0.0720. The second kappa shape index (κ2) is 9.97. The number of H-pyrrole nitrogens is 1. The standard InChI is InChI=1S/C28H32N6O3/c1-3-24(27-30-31-32-34(27)22-6-4-5-7-22)33(15-19-9-11-25-26(13-19)37-17-36-25)16-21-14-20-12-18(2)8-10-23(20)29-28(21)35/h8-14,22,24H,3-7,15-17H2,1-2H3,(H,29,35)/t24-/m0/s1. The average molecular weight is 501 g/mol. The first-order valence-corrected chi connectivity index (χ1v) is 13.1. The summed E-state index contributed by atoms with van der Waals surface area (Å²) in [5.74, 6) is 2.37. The Morgan fingerprint density at radius 3 is 2.76 bits per heavy atom. The number of hydrogen-bond acceptors (Lipinski definition) is 7. The molecule has 1 fully saturated rings. The highest BCUT2D eigenvalue weighted by molar-refractivity contribution is 5.79. The summed E-state index contributed by atoms with van der Waals surface area (Å²) in [5, 5.41) is 14.0. The average Bonchev–Trinajstić information content (AvgIpc) is 3.66. The molecule has 0 unspecified atom stereocenters. The van der Waals surface area contributed by atoms with Crippen molar-refractivity contribution in [2.75, 3.05) is 6.79 Å². The molecule has 4 aromatic rings. The number of nitrogens with one attached hydrogen (secondary N) is 1. The van der Waals surface area contributed by atoms with E-state index in [2.05, 4.69) is 51.4 Å². The van der Waals surface area contributed by atoms with Gasteiger partial charge < -0.3 is 14.5 Å². The number of rotatable bonds is 8. The highest BCUT2D eigenvalue weighted by Gasteiger charge is 2.30. The number of hydrogen-bond donors (Lipinski definition) is 1. The normalized spacial score (nSPS) is 16.2. The molecule has 1 N–H and O–H groups in total. The molecule has 3 heterocycles. The Morgan fingerprint density at radius 1 is 1.08 bits per heavy atom. The van der Waals surface area contributed by atoms with E-state index < -0.39 is 0 Å². The third-order valence-electron chi connectivity index (χ3n) is 7.59. The summed E-state index contributed by atoms with van der Waals surface area (Å²) in [7, 11) is 0. The van der Waals surface area contributed by atoms with Crippen LogP contribution >= 0.6 is 0 Å². The van der Waals surface area contributed by atoms with Gasteiger partial charge in [-0.2, -0.15) is 0 Å². The zero-order valence-electron chi connectivity index (χ0n) is 21.3. The molecule has 37 heavy (non-hydrogen) atoms. The number of aryl methyl sites for hydroxylation is 1. The van der Waals surface area contributed by atoms with Crippen molar-refractivity contribution < 1.29 is 9.47 Å². The Balaban J connectivity index is 1.39. The van der Waals surface area contributed by atoms with Gasteiger partial charge in [-0.15, -0.1) is 5.10 Å². The van der Waals surface area contributed by atoms with Crippen molar-refractivity contribution in [2.45, 2.75) is 71.1 Å². The summed E-state index contributed by atoms with van der Waals surface area (Å²) >= 11 is 0. The van der Waals surface area contributed by atoms with Gasteiger partial charge in [0.15, 0.2) is 17.3 Å². The van der Waals surface area contributed by atoms with Gasteiger partial charge in [0.2, 0.25) is 6.79 Å². The first-order chi connectivity index (χ1) is 18.1. The van der Waals surface area contributed by atoms with Crippen molar-refractivity contribution in [2.24, 2.45) is 0 Å². The molecule has 2 aromatic carbocycles. The van der Waals surface area contributed by atoms with Crippen LogP contribution in [0.4, 0.5) is 0 Å². The largest absolute Gasteiger partial charge is 0.454 e. The van der Waals surface area contributed by atoms with E-state index in [1.54, 1.807) is 0 Å². The molecule has 0 amide bonds. The van der Waals surface area contributed by atoms with Crippen molar-refractivity contribution in [1.82, 2.24) is 30.1 Å². The van der Waals surface area contributed by atoms with Crippen molar-refractivity contribution in [3.63, 3.8) is 0 Å². The fourth-order valence-corrected chi connectivity index (χ4v) is 5.69. The Bertz CT molecular complexity index is 1470. The zero-order chi connectivity index (χ0) is 25.4. The zero-order valence-corrected chi connectivity index (χ0v) is 21.3. The molecule has 1 aliphatic heterocycles. The van der Waals surface area contributed by atoms with Crippen molar-refractivity contribution >= 4 is 10.9 Å². The maximum atomic E-state index is 13.2. The number of benzene rings is 2. The van der Waals surface area contributed by atoms with Gasteiger partial charge in [0, 0.05) is 24.2 Å². The number of aromatic amines is 1. The van der Waals surface area contributed by atoms with Crippen LogP contribution in [0.2, 0.25) is 0 Å². The van der Waals surface area contributed by atoms with Crippen LogP contribution in [-0.4, -0.2) is 36.9 Å². The summed E-state index contributed by atoms with van der Waals surface area (Å²) in [5.41, 5.74) is 3.73. The van der Waals surface area contributed by atoms with E-state index in [9.17, 15) is 4.79 Å². The van der Waals surface area contributed by atoms with E-state index in [0.29, 0.717) is 19.1 Å². The van der Waals surface area contributed by atoms with E-state index in [4.69, 9.17) is 9.47 Å². The molecule has 1 atom stereocenters. The highest BCUT2D eigenvalue weighted by atomic mass is 16.7. The number of pyridine rings is 1. The predicted molar refractivity (Wildman–Crippen MR) is 139 cm³/mol. The van der Waals surface area contributed by atoms with Crippen molar-refractivity contribution in [1.29, 1.82) is 0 Å². The van der Waals surface area contributed by atoms with Crippen LogP contribution in [0.25, 0.3) is 10.9 Å². The number of nitrogens with zero attached hydrogens (tertiary/aromatic N) is 5. The van der Waals surface area contributed by atoms with E-state index in [0.717, 1.165) is 64.2 Å². The lowest BCUT2D eigenvalue weighted by molar-refractivity contribution is 0.158. The first kappa shape index (κ1) is 23.7. The maximum Gasteiger partial charge on any atom is 0.252 e. The van der Waals surface area contributed by atoms with Crippen LogP contribution in [0, 0.1) is 6.92 Å². The molecule has 0 saturated heterocycles. The SMILES string of the molecule is CC[C@@H](c1nnnn1C1CCCC1)N(Cc1ccc2c(c1)OCO2)Cc1cc2cc(C)ccc2[nH]c1=O. The third kappa shape index (κ3) is 4.71. The molecule has 9 heteroatoms. The second-order valence-corrected chi connectivity index (χ2v) is 10.2. The summed E-state index contributed by atoms with van der Waals surface area (Å²) in [6.45, 7) is 5.52. The molecule has 2 aliphatic rings. The van der Waals surface area contributed by atoms with Crippen molar-refractivity contribution in [3.8, 4) is 11.5 Å². The Labute approximate surface area is 215 Å². The molecule has 0 bridgehead atoms. The fourth-order valence-electron chi connectivity index (χ4n) is 5.69. The van der Waals surface area contributed by atoms with E-state index in [1.165, 1.54) is 12.8 Å². The van der Waals surface area contributed by atoms with Crippen LogP contribution in [0.15, 0.2) is 47.3 Å². The topological polar surface area (TPSA) is 98.2 Å². The summed E-state index contributed by atoms with van der Waals surface area (Å²) in [6, 6.07) is 14.4. The highest BCUT2D eigenvalue weighted by Crippen LogP contribution is 2.36. The monoisotopic (exact) mass is 500 g/mol. The number of ether oxygens (including phenoxy) is 2.